The molecule has 0 radical (unpaired) electrons. The average Bonchev–Trinajstić information content (AvgIpc) is 3.16. The van der Waals surface area contributed by atoms with Crippen LogP contribution in [0.15, 0.2) is 12.1 Å². The molecule has 9 heteroatoms. The molecule has 2 fully saturated rings. The minimum Gasteiger partial charge on any atom is -0.444 e. The monoisotopic (exact) mass is 460 g/mol. The second kappa shape index (κ2) is 8.83. The molecule has 0 bridgehead atoms. The summed E-state index contributed by atoms with van der Waals surface area (Å²) in [5.41, 5.74) is 1.84. The first-order valence-corrected chi connectivity index (χ1v) is 11.7. The van der Waals surface area contributed by atoms with E-state index < -0.39 is 11.6 Å². The lowest BCUT2D eigenvalue weighted by Gasteiger charge is -2.39. The summed E-state index contributed by atoms with van der Waals surface area (Å²) in [6.07, 6.45) is 2.53. The first-order chi connectivity index (χ1) is 15.5. The van der Waals surface area contributed by atoms with E-state index in [0.717, 1.165) is 24.1 Å². The van der Waals surface area contributed by atoms with Gasteiger partial charge in [-0.05, 0) is 58.6 Å². The number of hydrogen-bond acceptors (Lipinski definition) is 6. The third kappa shape index (κ3) is 4.77. The Kier molecular flexibility index (Phi) is 6.24. The number of hydrogen-bond donors (Lipinski definition) is 1. The second-order valence-corrected chi connectivity index (χ2v) is 10.1. The van der Waals surface area contributed by atoms with Crippen molar-refractivity contribution in [2.45, 2.75) is 70.6 Å². The molecule has 0 aliphatic carbocycles. The van der Waals surface area contributed by atoms with Crippen molar-refractivity contribution in [1.82, 2.24) is 10.2 Å². The topological polar surface area (TPSA) is 82.2 Å². The molecule has 0 saturated carbocycles. The molecule has 2 saturated heterocycles. The third-order valence-corrected chi connectivity index (χ3v) is 6.72. The van der Waals surface area contributed by atoms with E-state index in [-0.39, 0.29) is 29.8 Å². The van der Waals surface area contributed by atoms with Gasteiger partial charge in [0.05, 0.1) is 5.69 Å². The van der Waals surface area contributed by atoms with Crippen molar-refractivity contribution in [2.24, 2.45) is 0 Å². The summed E-state index contributed by atoms with van der Waals surface area (Å²) in [6, 6.07) is 2.84. The van der Waals surface area contributed by atoms with Crippen molar-refractivity contribution >= 4 is 29.3 Å². The highest BCUT2D eigenvalue weighted by Gasteiger charge is 2.37. The molecule has 3 heterocycles. The SMILES string of the molecule is CN(C(=O)OC(C)(C)C)C1CCN(c2c(F)ccc3c2CCN3[C@@H]2CCC(=O)NC2=O)CC1. The lowest BCUT2D eigenvalue weighted by molar-refractivity contribution is -0.134. The van der Waals surface area contributed by atoms with E-state index in [1.165, 1.54) is 6.07 Å². The summed E-state index contributed by atoms with van der Waals surface area (Å²) >= 11 is 0. The van der Waals surface area contributed by atoms with Crippen LogP contribution in [0, 0.1) is 5.82 Å². The molecule has 1 atom stereocenters. The number of ether oxygens (including phenoxy) is 1. The number of nitrogens with one attached hydrogen (secondary N) is 1. The van der Waals surface area contributed by atoms with Crippen molar-refractivity contribution in [1.29, 1.82) is 0 Å². The van der Waals surface area contributed by atoms with Gasteiger partial charge >= 0.3 is 6.09 Å². The van der Waals surface area contributed by atoms with Gasteiger partial charge in [0.25, 0.3) is 0 Å². The van der Waals surface area contributed by atoms with Crippen LogP contribution in [0.4, 0.5) is 20.6 Å². The van der Waals surface area contributed by atoms with Crippen LogP contribution in [-0.2, 0) is 20.7 Å². The number of halogens is 1. The van der Waals surface area contributed by atoms with Crippen LogP contribution in [0.2, 0.25) is 0 Å². The molecule has 3 aliphatic rings. The van der Waals surface area contributed by atoms with Gasteiger partial charge in [0, 0.05) is 50.4 Å². The van der Waals surface area contributed by atoms with Crippen molar-refractivity contribution in [3.05, 3.63) is 23.5 Å². The fourth-order valence-electron chi connectivity index (χ4n) is 5.07. The highest BCUT2D eigenvalue weighted by molar-refractivity contribution is 6.02. The molecule has 3 amide bonds. The largest absolute Gasteiger partial charge is 0.444 e. The van der Waals surface area contributed by atoms with Crippen molar-refractivity contribution in [3.8, 4) is 0 Å². The predicted molar refractivity (Wildman–Crippen MR) is 123 cm³/mol. The molecule has 1 N–H and O–H groups in total. The number of piperidine rings is 2. The number of imide groups is 1. The smallest absolute Gasteiger partial charge is 0.410 e. The summed E-state index contributed by atoms with van der Waals surface area (Å²) in [4.78, 5) is 42.1. The molecule has 1 aromatic carbocycles. The number of fused-ring (bicyclic) bond motifs is 1. The van der Waals surface area contributed by atoms with Crippen LogP contribution in [0.25, 0.3) is 0 Å². The zero-order chi connectivity index (χ0) is 23.9. The molecule has 1 aromatic rings. The van der Waals surface area contributed by atoms with Crippen LogP contribution >= 0.6 is 0 Å². The number of rotatable bonds is 3. The van der Waals surface area contributed by atoms with Gasteiger partial charge in [-0.1, -0.05) is 0 Å². The first kappa shape index (κ1) is 23.3. The molecule has 0 spiro atoms. The van der Waals surface area contributed by atoms with E-state index in [1.807, 2.05) is 25.7 Å². The number of anilines is 2. The molecule has 3 aliphatic heterocycles. The standard InChI is InChI=1S/C24H33FN4O4/c1-24(2,3)33-23(32)27(4)15-9-12-28(13-10-15)21-16-11-14-29(18(16)6-5-17(21)25)19-7-8-20(30)26-22(19)31/h5-6,15,19H,7-14H2,1-4H3,(H,26,30,31)/t19-/m1/s1. The predicted octanol–water partition coefficient (Wildman–Crippen LogP) is 2.83. The van der Waals surface area contributed by atoms with Crippen LogP contribution in [0.1, 0.15) is 52.0 Å². The fraction of sp³-hybridized carbons (Fsp3) is 0.625. The Morgan fingerprint density at radius 2 is 1.82 bits per heavy atom. The lowest BCUT2D eigenvalue weighted by Crippen LogP contribution is -2.52. The average molecular weight is 461 g/mol. The van der Waals surface area contributed by atoms with Crippen molar-refractivity contribution in [3.63, 3.8) is 0 Å². The number of nitrogens with zero attached hydrogens (tertiary/aromatic N) is 3. The summed E-state index contributed by atoms with van der Waals surface area (Å²) in [5, 5.41) is 2.42. The Labute approximate surface area is 194 Å². The molecule has 33 heavy (non-hydrogen) atoms. The summed E-state index contributed by atoms with van der Waals surface area (Å²) < 4.78 is 20.5. The number of amides is 3. The van der Waals surface area contributed by atoms with Gasteiger partial charge in [-0.15, -0.1) is 0 Å². The van der Waals surface area contributed by atoms with Gasteiger partial charge in [0.2, 0.25) is 11.8 Å². The van der Waals surface area contributed by atoms with Crippen molar-refractivity contribution in [2.75, 3.05) is 36.5 Å². The summed E-state index contributed by atoms with van der Waals surface area (Å²) in [7, 11) is 1.76. The fourth-order valence-corrected chi connectivity index (χ4v) is 5.07. The van der Waals surface area contributed by atoms with Gasteiger partial charge in [0.1, 0.15) is 17.5 Å². The lowest BCUT2D eigenvalue weighted by atomic mass is 10.0. The van der Waals surface area contributed by atoms with Gasteiger partial charge in [-0.25, -0.2) is 9.18 Å². The zero-order valence-electron chi connectivity index (χ0n) is 19.8. The van der Waals surface area contributed by atoms with Crippen LogP contribution in [0.3, 0.4) is 0 Å². The second-order valence-electron chi connectivity index (χ2n) is 10.1. The molecule has 180 valence electrons. The quantitative estimate of drug-likeness (QED) is 0.699. The van der Waals surface area contributed by atoms with Gasteiger partial charge in [0.15, 0.2) is 0 Å². The Morgan fingerprint density at radius 1 is 1.12 bits per heavy atom. The van der Waals surface area contributed by atoms with E-state index >= 15 is 4.39 Å². The van der Waals surface area contributed by atoms with Gasteiger partial charge < -0.3 is 19.4 Å². The molecular weight excluding hydrogens is 427 g/mol. The highest BCUT2D eigenvalue weighted by Crippen LogP contribution is 2.40. The summed E-state index contributed by atoms with van der Waals surface area (Å²) in [6.45, 7) is 7.41. The molecule has 4 rings (SSSR count). The Morgan fingerprint density at radius 3 is 2.45 bits per heavy atom. The zero-order valence-corrected chi connectivity index (χ0v) is 19.8. The number of carbonyl (C=O) groups is 3. The van der Waals surface area contributed by atoms with Crippen LogP contribution in [-0.4, -0.2) is 67.2 Å². The Balaban J connectivity index is 1.47. The molecule has 8 nitrogen and oxygen atoms in total. The van der Waals surface area contributed by atoms with Crippen LogP contribution in [0.5, 0.6) is 0 Å². The van der Waals surface area contributed by atoms with E-state index in [4.69, 9.17) is 4.74 Å². The maximum atomic E-state index is 15.0. The maximum absolute atomic E-state index is 15.0. The first-order valence-electron chi connectivity index (χ1n) is 11.7. The van der Waals surface area contributed by atoms with Crippen molar-refractivity contribution < 1.29 is 23.5 Å². The van der Waals surface area contributed by atoms with Gasteiger partial charge in [-0.3, -0.25) is 14.9 Å². The molecule has 0 unspecified atom stereocenters. The van der Waals surface area contributed by atoms with Gasteiger partial charge in [-0.2, -0.15) is 0 Å². The summed E-state index contributed by atoms with van der Waals surface area (Å²) in [5.74, 6) is -0.788. The normalized spacial score (nSPS) is 21.7. The Bertz CT molecular complexity index is 953. The van der Waals surface area contributed by atoms with E-state index in [9.17, 15) is 14.4 Å². The van der Waals surface area contributed by atoms with E-state index in [0.29, 0.717) is 44.6 Å². The minimum atomic E-state index is -0.547. The highest BCUT2D eigenvalue weighted by atomic mass is 19.1. The van der Waals surface area contributed by atoms with E-state index in [2.05, 4.69) is 10.2 Å². The maximum Gasteiger partial charge on any atom is 0.410 e. The Hall–Kier alpha value is -2.84. The van der Waals surface area contributed by atoms with Crippen LogP contribution < -0.4 is 15.1 Å². The number of carbonyl (C=O) groups excluding carboxylic acids is 3. The van der Waals surface area contributed by atoms with E-state index in [1.54, 1.807) is 18.0 Å². The molecular formula is C24H33FN4O4. The minimum absolute atomic E-state index is 0.0379. The molecule has 0 aromatic heterocycles. The third-order valence-electron chi connectivity index (χ3n) is 6.72. The number of benzene rings is 1.